The maximum Gasteiger partial charge on any atom is 0.126 e. The lowest BCUT2D eigenvalue weighted by molar-refractivity contribution is 0.459. The first kappa shape index (κ1) is 9.00. The molecular formula is C9H12FNO. The molecule has 0 bridgehead atoms. The van der Waals surface area contributed by atoms with Crippen LogP contribution in [0.3, 0.4) is 0 Å². The van der Waals surface area contributed by atoms with Gasteiger partial charge in [0, 0.05) is 11.6 Å². The molecule has 2 nitrogen and oxygen atoms in total. The second kappa shape index (κ2) is 3.11. The van der Waals surface area contributed by atoms with Crippen molar-refractivity contribution in [2.45, 2.75) is 19.9 Å². The van der Waals surface area contributed by atoms with Crippen molar-refractivity contribution >= 4 is 0 Å². The van der Waals surface area contributed by atoms with Crippen molar-refractivity contribution in [3.05, 3.63) is 29.1 Å². The van der Waals surface area contributed by atoms with E-state index in [0.29, 0.717) is 11.1 Å². The van der Waals surface area contributed by atoms with Crippen LogP contribution in [0.5, 0.6) is 5.75 Å². The molecule has 1 atom stereocenters. The normalized spacial score (nSPS) is 13.0. The van der Waals surface area contributed by atoms with E-state index in [-0.39, 0.29) is 17.6 Å². The number of phenols is 1. The lowest BCUT2D eigenvalue weighted by Crippen LogP contribution is -2.08. The van der Waals surface area contributed by atoms with Crippen molar-refractivity contribution < 1.29 is 9.50 Å². The Morgan fingerprint density at radius 2 is 2.08 bits per heavy atom. The number of phenolic OH excluding ortho intramolecular Hbond substituents is 1. The molecule has 0 aliphatic carbocycles. The Bertz CT molecular complexity index is 297. The van der Waals surface area contributed by atoms with Gasteiger partial charge in [-0.1, -0.05) is 0 Å². The van der Waals surface area contributed by atoms with E-state index in [1.54, 1.807) is 13.8 Å². The van der Waals surface area contributed by atoms with Crippen LogP contribution in [0.15, 0.2) is 12.1 Å². The molecular weight excluding hydrogens is 157 g/mol. The quantitative estimate of drug-likeness (QED) is 0.674. The molecule has 12 heavy (non-hydrogen) atoms. The molecule has 0 radical (unpaired) electrons. The molecule has 0 saturated heterocycles. The Kier molecular flexibility index (Phi) is 2.33. The van der Waals surface area contributed by atoms with E-state index in [0.717, 1.165) is 0 Å². The molecule has 66 valence electrons. The third-order valence-electron chi connectivity index (χ3n) is 1.88. The first-order valence-electron chi connectivity index (χ1n) is 3.77. The van der Waals surface area contributed by atoms with Crippen LogP contribution in [-0.4, -0.2) is 5.11 Å². The molecule has 3 N–H and O–H groups in total. The van der Waals surface area contributed by atoms with Gasteiger partial charge in [0.2, 0.25) is 0 Å². The van der Waals surface area contributed by atoms with E-state index in [4.69, 9.17) is 5.73 Å². The fourth-order valence-corrected chi connectivity index (χ4v) is 1.26. The number of benzene rings is 1. The zero-order chi connectivity index (χ0) is 9.30. The van der Waals surface area contributed by atoms with Crippen molar-refractivity contribution in [1.29, 1.82) is 0 Å². The molecule has 0 amide bonds. The van der Waals surface area contributed by atoms with Crippen molar-refractivity contribution in [2.75, 3.05) is 0 Å². The van der Waals surface area contributed by atoms with Crippen LogP contribution in [0.1, 0.15) is 24.1 Å². The molecule has 0 aliphatic rings. The Hall–Kier alpha value is -1.09. The minimum atomic E-state index is -0.347. The van der Waals surface area contributed by atoms with Gasteiger partial charge in [0.05, 0.1) is 0 Å². The standard InChI is InChI=1S/C9H12FNO/c1-5-7(10)3-4-8(12)9(5)6(2)11/h3-4,6,12H,11H2,1-2H3/t6-/m0/s1. The van der Waals surface area contributed by atoms with Gasteiger partial charge in [-0.3, -0.25) is 0 Å². The summed E-state index contributed by atoms with van der Waals surface area (Å²) in [4.78, 5) is 0. The Balaban J connectivity index is 3.33. The summed E-state index contributed by atoms with van der Waals surface area (Å²) in [7, 11) is 0. The SMILES string of the molecule is Cc1c(F)ccc(O)c1[C@H](C)N. The van der Waals surface area contributed by atoms with Gasteiger partial charge in [0.15, 0.2) is 0 Å². The van der Waals surface area contributed by atoms with Crippen LogP contribution in [0.4, 0.5) is 4.39 Å². The van der Waals surface area contributed by atoms with Crippen molar-refractivity contribution in [3.8, 4) is 5.75 Å². The zero-order valence-electron chi connectivity index (χ0n) is 7.13. The topological polar surface area (TPSA) is 46.2 Å². The summed E-state index contributed by atoms with van der Waals surface area (Å²) in [5, 5.41) is 9.34. The molecule has 0 spiro atoms. The number of halogens is 1. The average Bonchev–Trinajstić information content (AvgIpc) is 1.97. The van der Waals surface area contributed by atoms with Crippen LogP contribution >= 0.6 is 0 Å². The summed E-state index contributed by atoms with van der Waals surface area (Å²) < 4.78 is 13.0. The van der Waals surface area contributed by atoms with Gasteiger partial charge in [-0.2, -0.15) is 0 Å². The fraction of sp³-hybridized carbons (Fsp3) is 0.333. The van der Waals surface area contributed by atoms with Crippen molar-refractivity contribution in [1.82, 2.24) is 0 Å². The highest BCUT2D eigenvalue weighted by molar-refractivity contribution is 5.41. The molecule has 0 heterocycles. The number of rotatable bonds is 1. The third kappa shape index (κ3) is 1.41. The summed E-state index contributed by atoms with van der Waals surface area (Å²) in [5.74, 6) is -0.274. The molecule has 0 fully saturated rings. The number of nitrogens with two attached hydrogens (primary N) is 1. The summed E-state index contributed by atoms with van der Waals surface area (Å²) in [6.45, 7) is 3.31. The Morgan fingerprint density at radius 1 is 1.50 bits per heavy atom. The first-order valence-corrected chi connectivity index (χ1v) is 3.77. The average molecular weight is 169 g/mol. The fourth-order valence-electron chi connectivity index (χ4n) is 1.26. The van der Waals surface area contributed by atoms with Crippen LogP contribution in [-0.2, 0) is 0 Å². The lowest BCUT2D eigenvalue weighted by atomic mass is 10.0. The van der Waals surface area contributed by atoms with Gasteiger partial charge >= 0.3 is 0 Å². The first-order chi connectivity index (χ1) is 5.54. The Morgan fingerprint density at radius 3 is 2.50 bits per heavy atom. The van der Waals surface area contributed by atoms with Gasteiger partial charge in [-0.25, -0.2) is 4.39 Å². The minimum Gasteiger partial charge on any atom is -0.508 e. The van der Waals surface area contributed by atoms with Crippen molar-refractivity contribution in [3.63, 3.8) is 0 Å². The van der Waals surface area contributed by atoms with Crippen LogP contribution in [0, 0.1) is 12.7 Å². The highest BCUT2D eigenvalue weighted by atomic mass is 19.1. The van der Waals surface area contributed by atoms with E-state index in [9.17, 15) is 9.50 Å². The highest BCUT2D eigenvalue weighted by Gasteiger charge is 2.12. The van der Waals surface area contributed by atoms with E-state index < -0.39 is 0 Å². The van der Waals surface area contributed by atoms with Crippen molar-refractivity contribution in [2.24, 2.45) is 5.73 Å². The second-order valence-electron chi connectivity index (χ2n) is 2.89. The molecule has 3 heteroatoms. The molecule has 0 aromatic heterocycles. The summed E-state index contributed by atoms with van der Waals surface area (Å²) in [5.41, 5.74) is 6.46. The second-order valence-corrected chi connectivity index (χ2v) is 2.89. The van der Waals surface area contributed by atoms with Gasteiger partial charge in [-0.15, -0.1) is 0 Å². The molecule has 1 aromatic carbocycles. The Labute approximate surface area is 70.8 Å². The van der Waals surface area contributed by atoms with Crippen LogP contribution in [0.2, 0.25) is 0 Å². The molecule has 0 aliphatic heterocycles. The largest absolute Gasteiger partial charge is 0.508 e. The smallest absolute Gasteiger partial charge is 0.126 e. The summed E-state index contributed by atoms with van der Waals surface area (Å²) >= 11 is 0. The number of hydrogen-bond acceptors (Lipinski definition) is 2. The van der Waals surface area contributed by atoms with E-state index in [1.165, 1.54) is 12.1 Å². The van der Waals surface area contributed by atoms with Crippen LogP contribution < -0.4 is 5.73 Å². The number of hydrogen-bond donors (Lipinski definition) is 2. The van der Waals surface area contributed by atoms with Gasteiger partial charge in [0.25, 0.3) is 0 Å². The highest BCUT2D eigenvalue weighted by Crippen LogP contribution is 2.27. The lowest BCUT2D eigenvalue weighted by Gasteiger charge is -2.11. The van der Waals surface area contributed by atoms with E-state index in [2.05, 4.69) is 0 Å². The third-order valence-corrected chi connectivity index (χ3v) is 1.88. The van der Waals surface area contributed by atoms with E-state index in [1.807, 2.05) is 0 Å². The predicted octanol–water partition coefficient (Wildman–Crippen LogP) is 1.86. The monoisotopic (exact) mass is 169 g/mol. The van der Waals surface area contributed by atoms with Gasteiger partial charge < -0.3 is 10.8 Å². The van der Waals surface area contributed by atoms with Crippen LogP contribution in [0.25, 0.3) is 0 Å². The number of aromatic hydroxyl groups is 1. The minimum absolute atomic E-state index is 0.0592. The molecule has 1 aromatic rings. The summed E-state index contributed by atoms with van der Waals surface area (Å²) in [6.07, 6.45) is 0. The van der Waals surface area contributed by atoms with Gasteiger partial charge in [-0.05, 0) is 31.5 Å². The van der Waals surface area contributed by atoms with Gasteiger partial charge in [0.1, 0.15) is 11.6 Å². The molecule has 1 rings (SSSR count). The molecule has 0 unspecified atom stereocenters. The predicted molar refractivity (Wildman–Crippen MR) is 45.4 cm³/mol. The maximum absolute atomic E-state index is 13.0. The maximum atomic E-state index is 13.0. The van der Waals surface area contributed by atoms with E-state index >= 15 is 0 Å². The summed E-state index contributed by atoms with van der Waals surface area (Å²) in [6, 6.07) is 2.21. The zero-order valence-corrected chi connectivity index (χ0v) is 7.13. The molecule has 0 saturated carbocycles.